The summed E-state index contributed by atoms with van der Waals surface area (Å²) in [5.74, 6) is 0.615. The van der Waals surface area contributed by atoms with Crippen molar-refractivity contribution < 1.29 is 0 Å². The Hall–Kier alpha value is -0.540. The molecule has 0 aliphatic heterocycles. The first kappa shape index (κ1) is 9.99. The Kier molecular flexibility index (Phi) is 2.79. The van der Waals surface area contributed by atoms with Crippen molar-refractivity contribution in [2.24, 2.45) is 5.73 Å². The maximum absolute atomic E-state index is 6.11. The first-order chi connectivity index (χ1) is 6.68. The smallest absolute Gasteiger partial charge is 0.0820 e. The van der Waals surface area contributed by atoms with Crippen molar-refractivity contribution in [3.63, 3.8) is 0 Å². The normalized spacial score (nSPS) is 19.4. The number of rotatable bonds is 3. The zero-order chi connectivity index (χ0) is 10.1. The highest BCUT2D eigenvalue weighted by atomic mass is 35.5. The molecule has 0 bridgehead atoms. The van der Waals surface area contributed by atoms with Gasteiger partial charge < -0.3 is 5.73 Å². The molecule has 2 N–H and O–H groups in total. The molecule has 1 aromatic heterocycles. The fraction of sp³-hybridized carbons (Fsp3) is 0.700. The molecule has 1 unspecified atom stereocenters. The average Bonchev–Trinajstić information content (AvgIpc) is 2.32. The Morgan fingerprint density at radius 1 is 1.71 bits per heavy atom. The third kappa shape index (κ3) is 1.79. The molecule has 1 saturated carbocycles. The SMILES string of the molecule is CC(N)Cn1ncc(Cl)c1C1CCC1. The number of hydrogen-bond donors (Lipinski definition) is 1. The van der Waals surface area contributed by atoms with Gasteiger partial charge in [0.15, 0.2) is 0 Å². The van der Waals surface area contributed by atoms with Crippen molar-refractivity contribution in [1.82, 2.24) is 9.78 Å². The van der Waals surface area contributed by atoms with Crippen molar-refractivity contribution in [3.8, 4) is 0 Å². The Balaban J connectivity index is 2.21. The second-order valence-corrected chi connectivity index (χ2v) is 4.57. The van der Waals surface area contributed by atoms with E-state index in [-0.39, 0.29) is 6.04 Å². The van der Waals surface area contributed by atoms with Crippen LogP contribution in [0.25, 0.3) is 0 Å². The number of nitrogens with two attached hydrogens (primary N) is 1. The second-order valence-electron chi connectivity index (χ2n) is 4.16. The van der Waals surface area contributed by atoms with Gasteiger partial charge in [-0.05, 0) is 19.8 Å². The molecule has 1 atom stereocenters. The van der Waals surface area contributed by atoms with E-state index in [4.69, 9.17) is 17.3 Å². The summed E-state index contributed by atoms with van der Waals surface area (Å²) in [4.78, 5) is 0. The van der Waals surface area contributed by atoms with Gasteiger partial charge in [0.1, 0.15) is 0 Å². The average molecular weight is 214 g/mol. The van der Waals surface area contributed by atoms with Crippen LogP contribution in [-0.2, 0) is 6.54 Å². The van der Waals surface area contributed by atoms with Gasteiger partial charge in [0.05, 0.1) is 23.5 Å². The molecular formula is C10H16ClN3. The van der Waals surface area contributed by atoms with E-state index in [2.05, 4.69) is 5.10 Å². The van der Waals surface area contributed by atoms with E-state index in [9.17, 15) is 0 Å². The van der Waals surface area contributed by atoms with E-state index in [1.165, 1.54) is 25.0 Å². The van der Waals surface area contributed by atoms with Gasteiger partial charge in [-0.2, -0.15) is 5.10 Å². The first-order valence-corrected chi connectivity index (χ1v) is 5.53. The lowest BCUT2D eigenvalue weighted by atomic mass is 9.83. The Morgan fingerprint density at radius 2 is 2.43 bits per heavy atom. The highest BCUT2D eigenvalue weighted by molar-refractivity contribution is 6.31. The van der Waals surface area contributed by atoms with E-state index < -0.39 is 0 Å². The molecule has 0 aromatic carbocycles. The molecule has 1 aliphatic rings. The van der Waals surface area contributed by atoms with E-state index >= 15 is 0 Å². The molecule has 4 heteroatoms. The van der Waals surface area contributed by atoms with E-state index in [0.717, 1.165) is 11.6 Å². The standard InChI is InChI=1S/C10H16ClN3/c1-7(12)6-14-10(8-3-2-4-8)9(11)5-13-14/h5,7-8H,2-4,6,12H2,1H3. The van der Waals surface area contributed by atoms with E-state index in [1.54, 1.807) is 6.20 Å². The molecule has 14 heavy (non-hydrogen) atoms. The van der Waals surface area contributed by atoms with Gasteiger partial charge in [-0.1, -0.05) is 18.0 Å². The summed E-state index contributed by atoms with van der Waals surface area (Å²) < 4.78 is 1.97. The van der Waals surface area contributed by atoms with Gasteiger partial charge in [-0.25, -0.2) is 0 Å². The maximum Gasteiger partial charge on any atom is 0.0820 e. The highest BCUT2D eigenvalue weighted by Crippen LogP contribution is 2.39. The predicted octanol–water partition coefficient (Wildman–Crippen LogP) is 2.15. The zero-order valence-corrected chi connectivity index (χ0v) is 9.17. The van der Waals surface area contributed by atoms with Crippen molar-refractivity contribution in [2.45, 2.75) is 44.7 Å². The highest BCUT2D eigenvalue weighted by Gasteiger charge is 2.26. The zero-order valence-electron chi connectivity index (χ0n) is 8.41. The molecule has 1 fully saturated rings. The van der Waals surface area contributed by atoms with Gasteiger partial charge >= 0.3 is 0 Å². The lowest BCUT2D eigenvalue weighted by molar-refractivity contribution is 0.381. The summed E-state index contributed by atoms with van der Waals surface area (Å²) in [6.45, 7) is 2.75. The van der Waals surface area contributed by atoms with Crippen LogP contribution < -0.4 is 5.73 Å². The summed E-state index contributed by atoms with van der Waals surface area (Å²) in [5.41, 5.74) is 6.95. The van der Waals surface area contributed by atoms with Crippen LogP contribution in [0.4, 0.5) is 0 Å². The Morgan fingerprint density at radius 3 is 2.93 bits per heavy atom. The monoisotopic (exact) mass is 213 g/mol. The van der Waals surface area contributed by atoms with Gasteiger partial charge in [-0.3, -0.25) is 4.68 Å². The topological polar surface area (TPSA) is 43.8 Å². The molecule has 1 aliphatic carbocycles. The fourth-order valence-electron chi connectivity index (χ4n) is 1.88. The largest absolute Gasteiger partial charge is 0.326 e. The van der Waals surface area contributed by atoms with E-state index in [1.807, 2.05) is 11.6 Å². The van der Waals surface area contributed by atoms with Crippen molar-refractivity contribution in [3.05, 3.63) is 16.9 Å². The van der Waals surface area contributed by atoms with Gasteiger partial charge in [0, 0.05) is 12.0 Å². The first-order valence-electron chi connectivity index (χ1n) is 5.15. The number of aromatic nitrogens is 2. The van der Waals surface area contributed by atoms with Crippen LogP contribution in [-0.4, -0.2) is 15.8 Å². The van der Waals surface area contributed by atoms with Crippen molar-refractivity contribution >= 4 is 11.6 Å². The Bertz CT molecular complexity index is 315. The third-order valence-corrected chi connectivity index (χ3v) is 3.08. The summed E-state index contributed by atoms with van der Waals surface area (Å²) in [7, 11) is 0. The number of hydrogen-bond acceptors (Lipinski definition) is 2. The lowest BCUT2D eigenvalue weighted by Crippen LogP contribution is -2.25. The van der Waals surface area contributed by atoms with Crippen LogP contribution in [0.3, 0.4) is 0 Å². The van der Waals surface area contributed by atoms with Crippen LogP contribution in [0.2, 0.25) is 5.02 Å². The van der Waals surface area contributed by atoms with Gasteiger partial charge in [0.25, 0.3) is 0 Å². The molecule has 78 valence electrons. The minimum Gasteiger partial charge on any atom is -0.326 e. The molecule has 1 heterocycles. The summed E-state index contributed by atoms with van der Waals surface area (Å²) in [6, 6.07) is 0.129. The number of nitrogens with zero attached hydrogens (tertiary/aromatic N) is 2. The molecule has 0 saturated heterocycles. The van der Waals surface area contributed by atoms with Crippen molar-refractivity contribution in [2.75, 3.05) is 0 Å². The van der Waals surface area contributed by atoms with E-state index in [0.29, 0.717) is 5.92 Å². The number of halogens is 1. The van der Waals surface area contributed by atoms with Crippen LogP contribution in [0, 0.1) is 0 Å². The fourth-order valence-corrected chi connectivity index (χ4v) is 2.17. The minimum atomic E-state index is 0.129. The molecule has 3 nitrogen and oxygen atoms in total. The van der Waals surface area contributed by atoms with Crippen LogP contribution in [0.1, 0.15) is 37.8 Å². The third-order valence-electron chi connectivity index (χ3n) is 2.79. The molecule has 0 amide bonds. The Labute approximate surface area is 89.2 Å². The molecule has 2 rings (SSSR count). The van der Waals surface area contributed by atoms with Gasteiger partial charge in [-0.15, -0.1) is 0 Å². The van der Waals surface area contributed by atoms with Crippen molar-refractivity contribution in [1.29, 1.82) is 0 Å². The predicted molar refractivity (Wildman–Crippen MR) is 57.5 cm³/mol. The molecule has 1 aromatic rings. The van der Waals surface area contributed by atoms with Crippen LogP contribution in [0.5, 0.6) is 0 Å². The second kappa shape index (κ2) is 3.91. The maximum atomic E-state index is 6.11. The molecular weight excluding hydrogens is 198 g/mol. The molecule has 0 radical (unpaired) electrons. The molecule has 0 spiro atoms. The quantitative estimate of drug-likeness (QED) is 0.836. The lowest BCUT2D eigenvalue weighted by Gasteiger charge is -2.27. The van der Waals surface area contributed by atoms with Gasteiger partial charge in [0.2, 0.25) is 0 Å². The summed E-state index contributed by atoms with van der Waals surface area (Å²) in [6.07, 6.45) is 5.52. The summed E-state index contributed by atoms with van der Waals surface area (Å²) in [5, 5.41) is 5.06. The minimum absolute atomic E-state index is 0.129. The van der Waals surface area contributed by atoms with Crippen LogP contribution >= 0.6 is 11.6 Å². The summed E-state index contributed by atoms with van der Waals surface area (Å²) >= 11 is 6.11. The van der Waals surface area contributed by atoms with Crippen LogP contribution in [0.15, 0.2) is 6.20 Å².